The Balaban J connectivity index is 1.78. The molecule has 3 rings (SSSR count). The van der Waals surface area contributed by atoms with Crippen molar-refractivity contribution in [2.24, 2.45) is 4.99 Å². The van der Waals surface area contributed by atoms with Crippen molar-refractivity contribution in [2.45, 2.75) is 6.92 Å². The standard InChI is InChI=1S/C22H21ClN2O6S/c1-4-30-15-7-5-14(6-8-15)24-22-25-21(27)18(32-22)11-13-9-16(23)20(17(10-13)28-2)31-12-19(26)29-3/h5-11H,4,12H2,1-3H3,(H,24,25,27)/b18-11+. The number of carbonyl (C=O) groups excluding carboxylic acids is 2. The van der Waals surface area contributed by atoms with Crippen LogP contribution in [0.15, 0.2) is 46.3 Å². The van der Waals surface area contributed by atoms with E-state index in [2.05, 4.69) is 15.0 Å². The highest BCUT2D eigenvalue weighted by molar-refractivity contribution is 8.18. The van der Waals surface area contributed by atoms with E-state index < -0.39 is 5.97 Å². The molecule has 32 heavy (non-hydrogen) atoms. The molecule has 1 saturated heterocycles. The summed E-state index contributed by atoms with van der Waals surface area (Å²) in [4.78, 5) is 28.6. The molecular weight excluding hydrogens is 456 g/mol. The van der Waals surface area contributed by atoms with Crippen LogP contribution in [0.25, 0.3) is 6.08 Å². The zero-order valence-corrected chi connectivity index (χ0v) is 19.2. The van der Waals surface area contributed by atoms with E-state index in [1.165, 1.54) is 26.0 Å². The van der Waals surface area contributed by atoms with Crippen molar-refractivity contribution < 1.29 is 28.5 Å². The van der Waals surface area contributed by atoms with Gasteiger partial charge in [-0.05, 0) is 66.7 Å². The summed E-state index contributed by atoms with van der Waals surface area (Å²) in [6, 6.07) is 10.5. The van der Waals surface area contributed by atoms with E-state index in [4.69, 9.17) is 25.8 Å². The van der Waals surface area contributed by atoms with Gasteiger partial charge in [0.2, 0.25) is 0 Å². The number of nitrogens with one attached hydrogen (secondary N) is 1. The number of aliphatic imine (C=N–C) groups is 1. The van der Waals surface area contributed by atoms with Crippen molar-refractivity contribution in [3.8, 4) is 17.2 Å². The van der Waals surface area contributed by atoms with Gasteiger partial charge in [0.25, 0.3) is 5.91 Å². The lowest BCUT2D eigenvalue weighted by molar-refractivity contribution is -0.142. The minimum Gasteiger partial charge on any atom is -0.494 e. The maximum Gasteiger partial charge on any atom is 0.343 e. The van der Waals surface area contributed by atoms with Gasteiger partial charge >= 0.3 is 5.97 Å². The van der Waals surface area contributed by atoms with Crippen LogP contribution in [0.3, 0.4) is 0 Å². The number of nitrogens with zero attached hydrogens (tertiary/aromatic N) is 1. The number of hydrogen-bond donors (Lipinski definition) is 1. The largest absolute Gasteiger partial charge is 0.494 e. The van der Waals surface area contributed by atoms with Gasteiger partial charge in [0, 0.05) is 0 Å². The van der Waals surface area contributed by atoms with Crippen LogP contribution in [0.4, 0.5) is 5.69 Å². The van der Waals surface area contributed by atoms with Crippen LogP contribution in [0, 0.1) is 0 Å². The molecule has 1 fully saturated rings. The van der Waals surface area contributed by atoms with Crippen molar-refractivity contribution >= 4 is 52.2 Å². The molecule has 1 amide bonds. The van der Waals surface area contributed by atoms with Gasteiger partial charge < -0.3 is 24.3 Å². The van der Waals surface area contributed by atoms with Gasteiger partial charge in [-0.25, -0.2) is 9.79 Å². The van der Waals surface area contributed by atoms with Gasteiger partial charge in [-0.3, -0.25) is 4.79 Å². The second kappa shape index (κ2) is 10.9. The minimum absolute atomic E-state index is 0.211. The number of ether oxygens (including phenoxy) is 4. The first-order valence-electron chi connectivity index (χ1n) is 9.53. The molecule has 0 aromatic heterocycles. The Bertz CT molecular complexity index is 1070. The molecular formula is C22H21ClN2O6S. The van der Waals surface area contributed by atoms with E-state index in [1.54, 1.807) is 18.2 Å². The monoisotopic (exact) mass is 476 g/mol. The second-order valence-electron chi connectivity index (χ2n) is 6.31. The number of thioether (sulfide) groups is 1. The van der Waals surface area contributed by atoms with Crippen LogP contribution in [0.5, 0.6) is 17.2 Å². The molecule has 10 heteroatoms. The predicted molar refractivity (Wildman–Crippen MR) is 124 cm³/mol. The molecule has 0 spiro atoms. The van der Waals surface area contributed by atoms with Gasteiger partial charge in [0.15, 0.2) is 23.3 Å². The normalized spacial score (nSPS) is 15.6. The molecule has 0 bridgehead atoms. The highest BCUT2D eigenvalue weighted by Crippen LogP contribution is 2.38. The molecule has 0 radical (unpaired) electrons. The first kappa shape index (κ1) is 23.5. The fourth-order valence-corrected chi connectivity index (χ4v) is 3.80. The number of amidine groups is 1. The SMILES string of the molecule is CCOc1ccc(N=C2NC(=O)/C(=C\c3cc(Cl)c(OCC(=O)OC)c(OC)c3)S2)cc1. The number of halogens is 1. The van der Waals surface area contributed by atoms with Crippen molar-refractivity contribution in [3.05, 3.63) is 51.9 Å². The predicted octanol–water partition coefficient (Wildman–Crippen LogP) is 4.19. The highest BCUT2D eigenvalue weighted by atomic mass is 35.5. The average molecular weight is 477 g/mol. The summed E-state index contributed by atoms with van der Waals surface area (Å²) >= 11 is 7.51. The summed E-state index contributed by atoms with van der Waals surface area (Å²) in [5, 5.41) is 3.43. The van der Waals surface area contributed by atoms with Crippen LogP contribution >= 0.6 is 23.4 Å². The maximum absolute atomic E-state index is 12.4. The molecule has 168 valence electrons. The van der Waals surface area contributed by atoms with Crippen molar-refractivity contribution in [1.29, 1.82) is 0 Å². The molecule has 0 aliphatic carbocycles. The molecule has 1 aliphatic rings. The van der Waals surface area contributed by atoms with Crippen LogP contribution in [-0.4, -0.2) is 44.5 Å². The Morgan fingerprint density at radius 1 is 1.19 bits per heavy atom. The van der Waals surface area contributed by atoms with Crippen LogP contribution < -0.4 is 19.5 Å². The number of benzene rings is 2. The van der Waals surface area contributed by atoms with Gasteiger partial charge in [-0.15, -0.1) is 0 Å². The van der Waals surface area contributed by atoms with Gasteiger partial charge in [0.1, 0.15) is 5.75 Å². The van der Waals surface area contributed by atoms with E-state index in [0.717, 1.165) is 5.75 Å². The molecule has 0 saturated carbocycles. The summed E-state index contributed by atoms with van der Waals surface area (Å²) in [7, 11) is 2.71. The Hall–Kier alpha value is -3.17. The van der Waals surface area contributed by atoms with Crippen LogP contribution in [0.1, 0.15) is 12.5 Å². The fraction of sp³-hybridized carbons (Fsp3) is 0.227. The Kier molecular flexibility index (Phi) is 8.02. The van der Waals surface area contributed by atoms with E-state index in [1.807, 2.05) is 31.2 Å². The first-order chi connectivity index (χ1) is 15.4. The van der Waals surface area contributed by atoms with Crippen LogP contribution in [0.2, 0.25) is 5.02 Å². The smallest absolute Gasteiger partial charge is 0.343 e. The van der Waals surface area contributed by atoms with Gasteiger partial charge in [0.05, 0.1) is 36.4 Å². The molecule has 2 aromatic carbocycles. The van der Waals surface area contributed by atoms with E-state index in [-0.39, 0.29) is 23.3 Å². The Morgan fingerprint density at radius 3 is 2.59 bits per heavy atom. The lowest BCUT2D eigenvalue weighted by Gasteiger charge is -2.12. The lowest BCUT2D eigenvalue weighted by atomic mass is 10.2. The Morgan fingerprint density at radius 2 is 1.94 bits per heavy atom. The molecule has 8 nitrogen and oxygen atoms in total. The topological polar surface area (TPSA) is 95.5 Å². The number of hydrogen-bond acceptors (Lipinski definition) is 8. The van der Waals surface area contributed by atoms with Crippen LogP contribution in [-0.2, 0) is 14.3 Å². The summed E-state index contributed by atoms with van der Waals surface area (Å²) in [5.41, 5.74) is 1.31. The summed E-state index contributed by atoms with van der Waals surface area (Å²) in [5.74, 6) is 0.460. The molecule has 0 unspecified atom stereocenters. The van der Waals surface area contributed by atoms with E-state index >= 15 is 0 Å². The number of carbonyl (C=O) groups is 2. The van der Waals surface area contributed by atoms with E-state index in [0.29, 0.717) is 33.7 Å². The third-order valence-electron chi connectivity index (χ3n) is 4.14. The highest BCUT2D eigenvalue weighted by Gasteiger charge is 2.24. The first-order valence-corrected chi connectivity index (χ1v) is 10.7. The molecule has 1 aliphatic heterocycles. The van der Waals surface area contributed by atoms with Crippen molar-refractivity contribution in [3.63, 3.8) is 0 Å². The van der Waals surface area contributed by atoms with Crippen molar-refractivity contribution in [2.75, 3.05) is 27.4 Å². The zero-order valence-electron chi connectivity index (χ0n) is 17.6. The Labute approximate surface area is 194 Å². The number of esters is 1. The molecule has 2 aromatic rings. The quantitative estimate of drug-likeness (QED) is 0.450. The second-order valence-corrected chi connectivity index (χ2v) is 7.75. The fourth-order valence-electron chi connectivity index (χ4n) is 2.69. The third-order valence-corrected chi connectivity index (χ3v) is 5.33. The average Bonchev–Trinajstić information content (AvgIpc) is 3.12. The lowest BCUT2D eigenvalue weighted by Crippen LogP contribution is -2.19. The summed E-state index contributed by atoms with van der Waals surface area (Å²) in [6.07, 6.45) is 1.67. The van der Waals surface area contributed by atoms with Crippen molar-refractivity contribution in [1.82, 2.24) is 5.32 Å². The number of rotatable bonds is 8. The summed E-state index contributed by atoms with van der Waals surface area (Å²) < 4.78 is 20.7. The number of methoxy groups -OCH3 is 2. The van der Waals surface area contributed by atoms with Gasteiger partial charge in [-0.1, -0.05) is 11.6 Å². The maximum atomic E-state index is 12.4. The third kappa shape index (κ3) is 5.95. The molecule has 1 heterocycles. The van der Waals surface area contributed by atoms with Gasteiger partial charge in [-0.2, -0.15) is 0 Å². The van der Waals surface area contributed by atoms with E-state index in [9.17, 15) is 9.59 Å². The summed E-state index contributed by atoms with van der Waals surface area (Å²) in [6.45, 7) is 2.19. The zero-order chi connectivity index (χ0) is 23.1. The molecule has 0 atom stereocenters. The number of amides is 1. The molecule has 1 N–H and O–H groups in total. The minimum atomic E-state index is -0.548.